The van der Waals surface area contributed by atoms with E-state index in [0.29, 0.717) is 0 Å². The molecule has 1 aliphatic heterocycles. The minimum Gasteiger partial charge on any atom is -0.507 e. The van der Waals surface area contributed by atoms with Crippen LogP contribution in [-0.4, -0.2) is 51.4 Å². The number of carbonyl (C=O) groups is 1. The summed E-state index contributed by atoms with van der Waals surface area (Å²) in [7, 11) is 0. The van der Waals surface area contributed by atoms with Gasteiger partial charge >= 0.3 is 0 Å². The van der Waals surface area contributed by atoms with Gasteiger partial charge in [-0.1, -0.05) is 0 Å². The second kappa shape index (κ2) is 4.31. The maximum absolute atomic E-state index is 12.7. The lowest BCUT2D eigenvalue weighted by Crippen LogP contribution is -2.29. The molecule has 0 unspecified atom stereocenters. The van der Waals surface area contributed by atoms with E-state index >= 15 is 0 Å². The van der Waals surface area contributed by atoms with Gasteiger partial charge in [-0.2, -0.15) is 0 Å². The van der Waals surface area contributed by atoms with Crippen molar-refractivity contribution in [3.63, 3.8) is 0 Å². The number of aliphatic hydroxyl groups is 2. The topological polar surface area (TPSA) is 81.0 Å². The SMILES string of the molecule is O=C(c1ccc(F)cc1O)N1C[C@@H](O)[C@@H](O)C1. The number of likely N-dealkylation sites (tertiary alicyclic amines) is 1. The maximum atomic E-state index is 12.7. The van der Waals surface area contributed by atoms with E-state index in [9.17, 15) is 24.5 Å². The van der Waals surface area contributed by atoms with Crippen LogP contribution < -0.4 is 0 Å². The van der Waals surface area contributed by atoms with E-state index in [1.807, 2.05) is 0 Å². The number of halogens is 1. The van der Waals surface area contributed by atoms with E-state index in [2.05, 4.69) is 0 Å². The number of aliphatic hydroxyl groups excluding tert-OH is 2. The van der Waals surface area contributed by atoms with E-state index in [1.165, 1.54) is 11.0 Å². The zero-order valence-corrected chi connectivity index (χ0v) is 8.88. The van der Waals surface area contributed by atoms with Crippen LogP contribution in [0, 0.1) is 5.82 Å². The van der Waals surface area contributed by atoms with Crippen LogP contribution in [-0.2, 0) is 0 Å². The Labute approximate surface area is 96.7 Å². The second-order valence-corrected chi connectivity index (χ2v) is 4.01. The Balaban J connectivity index is 2.20. The fraction of sp³-hybridized carbons (Fsp3) is 0.364. The molecule has 92 valence electrons. The molecule has 2 rings (SSSR count). The average Bonchev–Trinajstić information content (AvgIpc) is 2.58. The highest BCUT2D eigenvalue weighted by molar-refractivity contribution is 5.97. The molecule has 2 atom stereocenters. The molecule has 1 fully saturated rings. The molecule has 0 bridgehead atoms. The van der Waals surface area contributed by atoms with Crippen molar-refractivity contribution in [1.82, 2.24) is 4.90 Å². The van der Waals surface area contributed by atoms with Gasteiger partial charge < -0.3 is 20.2 Å². The summed E-state index contributed by atoms with van der Waals surface area (Å²) in [6.45, 7) is -0.00632. The van der Waals surface area contributed by atoms with Gasteiger partial charge in [-0.05, 0) is 12.1 Å². The van der Waals surface area contributed by atoms with E-state index in [4.69, 9.17) is 0 Å². The van der Waals surface area contributed by atoms with Crippen molar-refractivity contribution >= 4 is 5.91 Å². The maximum Gasteiger partial charge on any atom is 0.257 e. The Morgan fingerprint density at radius 1 is 1.29 bits per heavy atom. The van der Waals surface area contributed by atoms with Crippen molar-refractivity contribution in [3.8, 4) is 5.75 Å². The quantitative estimate of drug-likeness (QED) is 0.631. The van der Waals surface area contributed by atoms with E-state index in [1.54, 1.807) is 0 Å². The fourth-order valence-corrected chi connectivity index (χ4v) is 1.79. The van der Waals surface area contributed by atoms with Gasteiger partial charge in [-0.25, -0.2) is 4.39 Å². The van der Waals surface area contributed by atoms with Gasteiger partial charge in [0.2, 0.25) is 0 Å². The van der Waals surface area contributed by atoms with Crippen LogP contribution in [0.3, 0.4) is 0 Å². The summed E-state index contributed by atoms with van der Waals surface area (Å²) in [4.78, 5) is 13.1. The number of phenolic OH excluding ortho intramolecular Hbond substituents is 1. The molecule has 0 radical (unpaired) electrons. The zero-order valence-electron chi connectivity index (χ0n) is 8.88. The number of amides is 1. The Kier molecular flexibility index (Phi) is 2.99. The van der Waals surface area contributed by atoms with Crippen LogP contribution in [0.2, 0.25) is 0 Å². The van der Waals surface area contributed by atoms with Crippen LogP contribution in [0.5, 0.6) is 5.75 Å². The molecule has 17 heavy (non-hydrogen) atoms. The molecule has 0 aliphatic carbocycles. The summed E-state index contributed by atoms with van der Waals surface area (Å²) in [5.41, 5.74) is -0.0484. The third kappa shape index (κ3) is 2.22. The molecule has 6 heteroatoms. The van der Waals surface area contributed by atoms with Crippen molar-refractivity contribution in [2.75, 3.05) is 13.1 Å². The molecule has 1 heterocycles. The molecule has 1 amide bonds. The molecule has 3 N–H and O–H groups in total. The van der Waals surface area contributed by atoms with Crippen LogP contribution in [0.15, 0.2) is 18.2 Å². The predicted molar refractivity (Wildman–Crippen MR) is 56.0 cm³/mol. The minimum absolute atomic E-state index is 0.00316. The molecule has 1 aromatic rings. The molecular formula is C11H12FNO4. The lowest BCUT2D eigenvalue weighted by molar-refractivity contribution is 0.0572. The van der Waals surface area contributed by atoms with Crippen molar-refractivity contribution in [3.05, 3.63) is 29.6 Å². The molecule has 0 spiro atoms. The molecule has 1 saturated heterocycles. The van der Waals surface area contributed by atoms with Crippen molar-refractivity contribution in [2.45, 2.75) is 12.2 Å². The summed E-state index contributed by atoms with van der Waals surface area (Å²) in [5.74, 6) is -1.63. The summed E-state index contributed by atoms with van der Waals surface area (Å²) in [5, 5.41) is 28.1. The summed E-state index contributed by atoms with van der Waals surface area (Å²) < 4.78 is 12.7. The number of carbonyl (C=O) groups excluding carboxylic acids is 1. The first kappa shape index (κ1) is 11.8. The van der Waals surface area contributed by atoms with Crippen molar-refractivity contribution in [2.24, 2.45) is 0 Å². The lowest BCUT2D eigenvalue weighted by Gasteiger charge is -2.15. The normalized spacial score (nSPS) is 24.1. The minimum atomic E-state index is -0.985. The Hall–Kier alpha value is -1.66. The van der Waals surface area contributed by atoms with E-state index < -0.39 is 29.7 Å². The van der Waals surface area contributed by atoms with Crippen LogP contribution in [0.1, 0.15) is 10.4 Å². The first-order valence-electron chi connectivity index (χ1n) is 5.13. The van der Waals surface area contributed by atoms with Crippen molar-refractivity contribution in [1.29, 1.82) is 0 Å². The number of hydrogen-bond donors (Lipinski definition) is 3. The Morgan fingerprint density at radius 3 is 2.41 bits per heavy atom. The molecule has 1 aromatic carbocycles. The largest absolute Gasteiger partial charge is 0.507 e. The molecule has 5 nitrogen and oxygen atoms in total. The Morgan fingerprint density at radius 2 is 1.88 bits per heavy atom. The summed E-state index contributed by atoms with van der Waals surface area (Å²) in [6, 6.07) is 3.08. The van der Waals surface area contributed by atoms with Crippen LogP contribution in [0.4, 0.5) is 4.39 Å². The van der Waals surface area contributed by atoms with Gasteiger partial charge in [-0.3, -0.25) is 4.79 Å². The van der Waals surface area contributed by atoms with Crippen LogP contribution in [0.25, 0.3) is 0 Å². The third-order valence-electron chi connectivity index (χ3n) is 2.74. The van der Waals surface area contributed by atoms with Crippen molar-refractivity contribution < 1.29 is 24.5 Å². The average molecular weight is 241 g/mol. The standard InChI is InChI=1S/C11H12FNO4/c12-6-1-2-7(8(14)3-6)11(17)13-4-9(15)10(16)5-13/h1-3,9-10,14-16H,4-5H2/t9-,10+. The highest BCUT2D eigenvalue weighted by Gasteiger charge is 2.33. The number of phenols is 1. The van der Waals surface area contributed by atoms with Crippen LogP contribution >= 0.6 is 0 Å². The molecule has 0 saturated carbocycles. The number of nitrogens with zero attached hydrogens (tertiary/aromatic N) is 1. The lowest BCUT2D eigenvalue weighted by atomic mass is 10.1. The third-order valence-corrected chi connectivity index (χ3v) is 2.74. The second-order valence-electron chi connectivity index (χ2n) is 4.01. The summed E-state index contributed by atoms with van der Waals surface area (Å²) in [6.07, 6.45) is -1.97. The van der Waals surface area contributed by atoms with Gasteiger partial charge in [0, 0.05) is 19.2 Å². The number of benzene rings is 1. The smallest absolute Gasteiger partial charge is 0.257 e. The summed E-state index contributed by atoms with van der Waals surface area (Å²) >= 11 is 0. The van der Waals surface area contributed by atoms with Gasteiger partial charge in [0.25, 0.3) is 5.91 Å². The van der Waals surface area contributed by atoms with Gasteiger partial charge in [-0.15, -0.1) is 0 Å². The van der Waals surface area contributed by atoms with Gasteiger partial charge in [0.05, 0.1) is 17.8 Å². The fourth-order valence-electron chi connectivity index (χ4n) is 1.79. The van der Waals surface area contributed by atoms with E-state index in [0.717, 1.165) is 12.1 Å². The molecular weight excluding hydrogens is 229 g/mol. The number of hydrogen-bond acceptors (Lipinski definition) is 4. The first-order valence-corrected chi connectivity index (χ1v) is 5.13. The Bertz CT molecular complexity index is 441. The molecule has 0 aromatic heterocycles. The van der Waals surface area contributed by atoms with E-state index in [-0.39, 0.29) is 18.7 Å². The number of β-amino-alcohol motifs (C(OH)–C–C–N with tert-alkyl or cyclic N) is 2. The highest BCUT2D eigenvalue weighted by Crippen LogP contribution is 2.22. The number of rotatable bonds is 1. The molecule has 1 aliphatic rings. The first-order chi connectivity index (χ1) is 7.99. The van der Waals surface area contributed by atoms with Gasteiger partial charge in [0.1, 0.15) is 11.6 Å². The monoisotopic (exact) mass is 241 g/mol. The van der Waals surface area contributed by atoms with Gasteiger partial charge in [0.15, 0.2) is 0 Å². The number of aromatic hydroxyl groups is 1. The highest BCUT2D eigenvalue weighted by atomic mass is 19.1. The zero-order chi connectivity index (χ0) is 12.6. The predicted octanol–water partition coefficient (Wildman–Crippen LogP) is -0.291.